The van der Waals surface area contributed by atoms with Crippen molar-refractivity contribution in [2.75, 3.05) is 32.0 Å². The van der Waals surface area contributed by atoms with Crippen molar-refractivity contribution in [1.29, 1.82) is 0 Å². The number of nitrogens with one attached hydrogen (secondary N) is 1. The molecule has 0 aliphatic carbocycles. The smallest absolute Gasteiger partial charge is 0.293 e. The van der Waals surface area contributed by atoms with Crippen molar-refractivity contribution in [2.45, 2.75) is 13.5 Å². The average molecular weight is 411 g/mol. The Bertz CT molecular complexity index is 1040. The van der Waals surface area contributed by atoms with Crippen molar-refractivity contribution in [3.8, 4) is 5.82 Å². The summed E-state index contributed by atoms with van der Waals surface area (Å²) in [6.07, 6.45) is 1.56. The summed E-state index contributed by atoms with van der Waals surface area (Å²) in [6.45, 7) is 5.04. The maximum Gasteiger partial charge on any atom is 0.293 e. The molecule has 1 amide bonds. The Kier molecular flexibility index (Phi) is 5.77. The molecule has 0 saturated carbocycles. The molecule has 12 heteroatoms. The summed E-state index contributed by atoms with van der Waals surface area (Å²) < 4.78 is 11.4. The van der Waals surface area contributed by atoms with Crippen LogP contribution in [-0.4, -0.2) is 68.6 Å². The lowest BCUT2D eigenvalue weighted by Crippen LogP contribution is -2.37. The van der Waals surface area contributed by atoms with E-state index in [-0.39, 0.29) is 17.3 Å². The minimum Gasteiger partial charge on any atom is -0.379 e. The number of amides is 1. The number of anilines is 1. The summed E-state index contributed by atoms with van der Waals surface area (Å²) in [5.74, 6) is -0.275. The molecular formula is C18H21N9O3. The number of nitrogens with zero attached hydrogens (tertiary/aromatic N) is 7. The van der Waals surface area contributed by atoms with Crippen molar-refractivity contribution < 1.29 is 14.2 Å². The zero-order valence-corrected chi connectivity index (χ0v) is 16.4. The molecule has 2 aromatic heterocycles. The molecular weight excluding hydrogens is 390 g/mol. The second-order valence-corrected chi connectivity index (χ2v) is 6.77. The van der Waals surface area contributed by atoms with Crippen molar-refractivity contribution in [2.24, 2.45) is 5.10 Å². The first-order valence-corrected chi connectivity index (χ1v) is 9.35. The van der Waals surface area contributed by atoms with E-state index in [4.69, 9.17) is 10.5 Å². The Morgan fingerprint density at radius 2 is 2.03 bits per heavy atom. The highest BCUT2D eigenvalue weighted by Gasteiger charge is 2.26. The zero-order valence-electron chi connectivity index (χ0n) is 16.4. The van der Waals surface area contributed by atoms with Gasteiger partial charge in [-0.15, -0.1) is 5.10 Å². The molecule has 1 aromatic carbocycles. The number of rotatable bonds is 6. The molecule has 1 aliphatic heterocycles. The predicted molar refractivity (Wildman–Crippen MR) is 106 cm³/mol. The van der Waals surface area contributed by atoms with Crippen LogP contribution < -0.4 is 11.2 Å². The first kappa shape index (κ1) is 19.7. The van der Waals surface area contributed by atoms with Crippen molar-refractivity contribution in [3.63, 3.8) is 0 Å². The third kappa shape index (κ3) is 4.34. The second kappa shape index (κ2) is 8.80. The van der Waals surface area contributed by atoms with E-state index in [1.54, 1.807) is 6.21 Å². The quantitative estimate of drug-likeness (QED) is 0.426. The van der Waals surface area contributed by atoms with E-state index in [9.17, 15) is 4.79 Å². The van der Waals surface area contributed by atoms with Gasteiger partial charge in [-0.1, -0.05) is 35.0 Å². The molecule has 3 heterocycles. The molecule has 3 aromatic rings. The van der Waals surface area contributed by atoms with Crippen LogP contribution in [0.25, 0.3) is 5.82 Å². The van der Waals surface area contributed by atoms with Crippen LogP contribution in [0.3, 0.4) is 0 Å². The van der Waals surface area contributed by atoms with Crippen molar-refractivity contribution in [1.82, 2.24) is 35.6 Å². The van der Waals surface area contributed by atoms with Gasteiger partial charge in [0.1, 0.15) is 0 Å². The van der Waals surface area contributed by atoms with Crippen LogP contribution >= 0.6 is 0 Å². The lowest BCUT2D eigenvalue weighted by atomic mass is 10.2. The third-order valence-electron chi connectivity index (χ3n) is 4.61. The van der Waals surface area contributed by atoms with E-state index in [0.29, 0.717) is 38.5 Å². The summed E-state index contributed by atoms with van der Waals surface area (Å²) in [4.78, 5) is 14.9. The average Bonchev–Trinajstić information content (AvgIpc) is 3.36. The minimum absolute atomic E-state index is 0.0486. The Morgan fingerprint density at radius 3 is 2.73 bits per heavy atom. The number of hydrogen-bond donors (Lipinski definition) is 2. The fraction of sp³-hybridized carbons (Fsp3) is 0.333. The van der Waals surface area contributed by atoms with Gasteiger partial charge in [-0.3, -0.25) is 9.69 Å². The van der Waals surface area contributed by atoms with E-state index in [1.165, 1.54) is 4.68 Å². The molecule has 3 N–H and O–H groups in total. The van der Waals surface area contributed by atoms with Crippen LogP contribution in [-0.2, 0) is 11.3 Å². The number of aromatic nitrogens is 5. The van der Waals surface area contributed by atoms with Gasteiger partial charge in [-0.25, -0.2) is 10.1 Å². The van der Waals surface area contributed by atoms with E-state index < -0.39 is 5.91 Å². The molecule has 0 bridgehead atoms. The molecule has 1 fully saturated rings. The molecule has 30 heavy (non-hydrogen) atoms. The molecule has 156 valence electrons. The number of hydrogen-bond acceptors (Lipinski definition) is 10. The van der Waals surface area contributed by atoms with Crippen LogP contribution in [0.15, 0.2) is 34.0 Å². The van der Waals surface area contributed by atoms with Crippen LogP contribution in [0, 0.1) is 6.92 Å². The highest BCUT2D eigenvalue weighted by atomic mass is 16.6. The summed E-state index contributed by atoms with van der Waals surface area (Å²) >= 11 is 0. The maximum atomic E-state index is 12.7. The van der Waals surface area contributed by atoms with Crippen LogP contribution in [0.4, 0.5) is 5.82 Å². The van der Waals surface area contributed by atoms with Crippen LogP contribution in [0.2, 0.25) is 0 Å². The van der Waals surface area contributed by atoms with Gasteiger partial charge in [0.15, 0.2) is 5.69 Å². The number of hydrazone groups is 1. The minimum atomic E-state index is -0.497. The van der Waals surface area contributed by atoms with Crippen LogP contribution in [0.1, 0.15) is 27.3 Å². The molecule has 0 radical (unpaired) electrons. The number of nitrogens with two attached hydrogens (primary N) is 1. The topological polar surface area (TPSA) is 150 Å². The van der Waals surface area contributed by atoms with Gasteiger partial charge in [0.2, 0.25) is 11.6 Å². The fourth-order valence-electron chi connectivity index (χ4n) is 2.97. The van der Waals surface area contributed by atoms with E-state index in [0.717, 1.165) is 11.1 Å². The fourth-order valence-corrected chi connectivity index (χ4v) is 2.97. The third-order valence-corrected chi connectivity index (χ3v) is 4.61. The number of morpholine rings is 1. The van der Waals surface area contributed by atoms with Crippen LogP contribution in [0.5, 0.6) is 0 Å². The highest BCUT2D eigenvalue weighted by molar-refractivity contribution is 5.94. The Balaban J connectivity index is 1.56. The van der Waals surface area contributed by atoms with E-state index in [1.807, 2.05) is 31.2 Å². The molecule has 1 saturated heterocycles. The molecule has 0 spiro atoms. The number of ether oxygens (including phenoxy) is 1. The molecule has 1 aliphatic rings. The number of benzene rings is 1. The first-order chi connectivity index (χ1) is 14.6. The lowest BCUT2D eigenvalue weighted by molar-refractivity contribution is 0.0332. The summed E-state index contributed by atoms with van der Waals surface area (Å²) in [7, 11) is 0. The summed E-state index contributed by atoms with van der Waals surface area (Å²) in [6, 6.07) is 7.74. The molecule has 4 rings (SSSR count). The van der Waals surface area contributed by atoms with Crippen molar-refractivity contribution >= 4 is 17.9 Å². The SMILES string of the molecule is Cc1ccc(/C=N\NC(=O)c2nnn(-c3nonc3N)c2CN2CCOCC2)cc1. The number of aryl methyl sites for hydroxylation is 1. The zero-order chi connectivity index (χ0) is 20.9. The molecule has 12 nitrogen and oxygen atoms in total. The highest BCUT2D eigenvalue weighted by Crippen LogP contribution is 2.18. The van der Waals surface area contributed by atoms with Gasteiger partial charge in [-0.2, -0.15) is 9.78 Å². The largest absolute Gasteiger partial charge is 0.379 e. The summed E-state index contributed by atoms with van der Waals surface area (Å²) in [5.41, 5.74) is 10.9. The maximum absolute atomic E-state index is 12.7. The molecule has 0 unspecified atom stereocenters. The van der Waals surface area contributed by atoms with Gasteiger partial charge in [0.25, 0.3) is 5.91 Å². The summed E-state index contributed by atoms with van der Waals surface area (Å²) in [5, 5.41) is 19.4. The Hall–Kier alpha value is -3.64. The van der Waals surface area contributed by atoms with Gasteiger partial charge >= 0.3 is 0 Å². The Labute approximate surface area is 171 Å². The van der Waals surface area contributed by atoms with Crippen molar-refractivity contribution in [3.05, 3.63) is 46.8 Å². The first-order valence-electron chi connectivity index (χ1n) is 9.35. The number of nitrogen functional groups attached to an aromatic ring is 1. The number of carbonyl (C=O) groups is 1. The van der Waals surface area contributed by atoms with Gasteiger partial charge in [0.05, 0.1) is 25.1 Å². The predicted octanol–water partition coefficient (Wildman–Crippen LogP) is 0.137. The Morgan fingerprint density at radius 1 is 1.27 bits per heavy atom. The molecule has 0 atom stereocenters. The normalized spacial score (nSPS) is 15.0. The lowest BCUT2D eigenvalue weighted by Gasteiger charge is -2.26. The van der Waals surface area contributed by atoms with Gasteiger partial charge in [0, 0.05) is 19.6 Å². The monoisotopic (exact) mass is 411 g/mol. The van der Waals surface area contributed by atoms with Gasteiger partial charge < -0.3 is 10.5 Å². The van der Waals surface area contributed by atoms with E-state index >= 15 is 0 Å². The van der Waals surface area contributed by atoms with Gasteiger partial charge in [-0.05, 0) is 22.8 Å². The van der Waals surface area contributed by atoms with E-state index in [2.05, 4.69) is 40.7 Å². The second-order valence-electron chi connectivity index (χ2n) is 6.77. The standard InChI is InChI=1S/C18H21N9O3/c1-12-2-4-13(5-3-12)10-20-22-18(28)15-14(11-26-6-8-29-9-7-26)27(25-21-15)17-16(19)23-30-24-17/h2-5,10H,6-9,11H2,1H3,(H2,19,23)(H,22,28)/b20-10-. The number of carbonyl (C=O) groups excluding carboxylic acids is 1.